The van der Waals surface area contributed by atoms with E-state index >= 15 is 0 Å². The Hall–Kier alpha value is -2.22. The number of nitrogens with zero attached hydrogens (tertiary/aromatic N) is 3. The van der Waals surface area contributed by atoms with Crippen LogP contribution in [0, 0.1) is 12.8 Å². The third-order valence-electron chi connectivity index (χ3n) is 4.26. The Morgan fingerprint density at radius 1 is 1.29 bits per heavy atom. The molecule has 7 nitrogen and oxygen atoms in total. The molecule has 0 radical (unpaired) electrons. The van der Waals surface area contributed by atoms with Gasteiger partial charge in [-0.15, -0.1) is 10.2 Å². The van der Waals surface area contributed by atoms with Crippen molar-refractivity contribution in [3.8, 4) is 5.75 Å². The fourth-order valence-corrected chi connectivity index (χ4v) is 3.28. The summed E-state index contributed by atoms with van der Waals surface area (Å²) < 4.78 is 7.35. The molecule has 0 bridgehead atoms. The number of hydrogen-bond donors (Lipinski definition) is 2. The fourth-order valence-electron chi connectivity index (χ4n) is 2.57. The molecule has 0 unspecified atom stereocenters. The molecule has 0 saturated heterocycles. The van der Waals surface area contributed by atoms with Crippen molar-refractivity contribution in [3.63, 3.8) is 0 Å². The van der Waals surface area contributed by atoms with E-state index in [9.17, 15) is 4.79 Å². The number of ether oxygens (including phenoxy) is 1. The average molecular weight is 406 g/mol. The van der Waals surface area contributed by atoms with Crippen LogP contribution < -0.4 is 15.9 Å². The van der Waals surface area contributed by atoms with E-state index < -0.39 is 0 Å². The third kappa shape index (κ3) is 6.44. The summed E-state index contributed by atoms with van der Waals surface area (Å²) in [5.74, 6) is 8.56. The predicted octanol–water partition coefficient (Wildman–Crippen LogP) is 3.26. The number of nitrogens with two attached hydrogens (primary N) is 1. The van der Waals surface area contributed by atoms with Gasteiger partial charge in [-0.2, -0.15) is 0 Å². The molecule has 0 saturated carbocycles. The van der Waals surface area contributed by atoms with Crippen LogP contribution in [0.15, 0.2) is 23.4 Å². The molecule has 3 N–H and O–H groups in total. The molecular weight excluding hydrogens is 374 g/mol. The Labute approximate surface area is 171 Å². The maximum Gasteiger partial charge on any atom is 0.230 e. The minimum atomic E-state index is -0.0345. The second-order valence-electron chi connectivity index (χ2n) is 7.57. The highest BCUT2D eigenvalue weighted by Gasteiger charge is 2.14. The van der Waals surface area contributed by atoms with Crippen molar-refractivity contribution in [2.75, 3.05) is 18.1 Å². The number of aromatic nitrogens is 3. The lowest BCUT2D eigenvalue weighted by Gasteiger charge is -2.14. The van der Waals surface area contributed by atoms with Crippen molar-refractivity contribution < 1.29 is 9.53 Å². The van der Waals surface area contributed by atoms with Crippen LogP contribution in [0.4, 0.5) is 0 Å². The van der Waals surface area contributed by atoms with Crippen LogP contribution in [0.3, 0.4) is 0 Å². The van der Waals surface area contributed by atoms with Crippen molar-refractivity contribution in [2.24, 2.45) is 5.92 Å². The number of aryl methyl sites for hydroxylation is 1. The van der Waals surface area contributed by atoms with E-state index in [0.29, 0.717) is 29.4 Å². The lowest BCUT2D eigenvalue weighted by molar-refractivity contribution is -0.118. The van der Waals surface area contributed by atoms with E-state index in [4.69, 9.17) is 10.6 Å². The summed E-state index contributed by atoms with van der Waals surface area (Å²) in [6.45, 7) is 11.4. The van der Waals surface area contributed by atoms with Crippen molar-refractivity contribution in [3.05, 3.63) is 35.2 Å². The molecule has 8 heteroatoms. The molecular formula is C20H31N5O2S. The van der Waals surface area contributed by atoms with Gasteiger partial charge in [-0.1, -0.05) is 51.6 Å². The topological polar surface area (TPSA) is 95.1 Å². The van der Waals surface area contributed by atoms with E-state index in [-0.39, 0.29) is 18.3 Å². The highest BCUT2D eigenvalue weighted by Crippen LogP contribution is 2.28. The number of hydrogen-bond acceptors (Lipinski definition) is 6. The van der Waals surface area contributed by atoms with Crippen LogP contribution in [0.5, 0.6) is 5.75 Å². The van der Waals surface area contributed by atoms with Crippen LogP contribution in [0.25, 0.3) is 0 Å². The zero-order chi connectivity index (χ0) is 20.7. The smallest absolute Gasteiger partial charge is 0.230 e. The second-order valence-corrected chi connectivity index (χ2v) is 8.52. The molecule has 2 rings (SSSR count). The number of rotatable bonds is 10. The van der Waals surface area contributed by atoms with Gasteiger partial charge < -0.3 is 15.9 Å². The van der Waals surface area contributed by atoms with Crippen molar-refractivity contribution >= 4 is 17.7 Å². The van der Waals surface area contributed by atoms with Gasteiger partial charge in [0.05, 0.1) is 5.75 Å². The first-order valence-corrected chi connectivity index (χ1v) is 10.6. The van der Waals surface area contributed by atoms with Crippen LogP contribution in [0.2, 0.25) is 0 Å². The maximum atomic E-state index is 11.9. The Morgan fingerprint density at radius 2 is 2.04 bits per heavy atom. The number of amides is 1. The van der Waals surface area contributed by atoms with Gasteiger partial charge in [-0.25, -0.2) is 4.68 Å². The first-order valence-electron chi connectivity index (χ1n) is 9.60. The van der Waals surface area contributed by atoms with Crippen LogP contribution in [0.1, 0.15) is 57.0 Å². The number of nitrogens with one attached hydrogen (secondary N) is 1. The number of benzene rings is 1. The van der Waals surface area contributed by atoms with E-state index in [1.807, 2.05) is 13.0 Å². The molecule has 1 aromatic heterocycles. The first kappa shape index (κ1) is 22.1. The molecule has 1 aromatic carbocycles. The summed E-state index contributed by atoms with van der Waals surface area (Å²) >= 11 is 1.26. The van der Waals surface area contributed by atoms with Gasteiger partial charge >= 0.3 is 0 Å². The standard InChI is InChI=1S/C20H31N5O2S/c1-13(2)8-9-22-19(26)12-28-20-24-23-18(25(20)21)11-27-17-10-15(5)6-7-16(17)14(3)4/h6-7,10,13-14H,8-9,11-12,21H2,1-5H3,(H,22,26). The Bertz CT molecular complexity index is 789. The van der Waals surface area contributed by atoms with Crippen molar-refractivity contribution in [2.45, 2.75) is 58.7 Å². The van der Waals surface area contributed by atoms with Crippen LogP contribution in [-0.4, -0.2) is 33.1 Å². The minimum Gasteiger partial charge on any atom is -0.485 e. The zero-order valence-electron chi connectivity index (χ0n) is 17.4. The quantitative estimate of drug-likeness (QED) is 0.465. The van der Waals surface area contributed by atoms with Gasteiger partial charge in [0, 0.05) is 6.54 Å². The summed E-state index contributed by atoms with van der Waals surface area (Å²) in [6.07, 6.45) is 0.961. The molecule has 0 atom stereocenters. The summed E-state index contributed by atoms with van der Waals surface area (Å²) in [5.41, 5.74) is 2.27. The molecule has 0 spiro atoms. The Kier molecular flexibility index (Phi) is 8.17. The van der Waals surface area contributed by atoms with Gasteiger partial charge in [-0.3, -0.25) is 4.79 Å². The van der Waals surface area contributed by atoms with E-state index in [1.165, 1.54) is 16.4 Å². The Balaban J connectivity index is 1.91. The molecule has 154 valence electrons. The lowest BCUT2D eigenvalue weighted by Crippen LogP contribution is -2.27. The lowest BCUT2D eigenvalue weighted by atomic mass is 10.0. The van der Waals surface area contributed by atoms with Crippen molar-refractivity contribution in [1.82, 2.24) is 20.2 Å². The molecule has 0 aliphatic heterocycles. The Morgan fingerprint density at radius 3 is 2.71 bits per heavy atom. The van der Waals surface area contributed by atoms with E-state index in [0.717, 1.165) is 23.3 Å². The summed E-state index contributed by atoms with van der Waals surface area (Å²) in [6, 6.07) is 6.18. The SMILES string of the molecule is Cc1ccc(C(C)C)c(OCc2nnc(SCC(=O)NCCC(C)C)n2N)c1. The van der Waals surface area contributed by atoms with Gasteiger partial charge in [0.1, 0.15) is 12.4 Å². The number of carbonyl (C=O) groups is 1. The molecule has 2 aromatic rings. The number of nitrogen functional groups attached to an aromatic ring is 1. The van der Waals surface area contributed by atoms with Gasteiger partial charge in [0.15, 0.2) is 5.82 Å². The predicted molar refractivity (Wildman–Crippen MR) is 113 cm³/mol. The number of carbonyl (C=O) groups excluding carboxylic acids is 1. The number of thioether (sulfide) groups is 1. The monoisotopic (exact) mass is 405 g/mol. The normalized spacial score (nSPS) is 11.2. The highest BCUT2D eigenvalue weighted by molar-refractivity contribution is 7.99. The minimum absolute atomic E-state index is 0.0345. The van der Waals surface area contributed by atoms with Crippen LogP contribution >= 0.6 is 11.8 Å². The molecule has 0 aliphatic carbocycles. The summed E-state index contributed by atoms with van der Waals surface area (Å²) in [7, 11) is 0. The third-order valence-corrected chi connectivity index (χ3v) is 5.20. The summed E-state index contributed by atoms with van der Waals surface area (Å²) in [4.78, 5) is 11.9. The molecule has 28 heavy (non-hydrogen) atoms. The maximum absolute atomic E-state index is 11.9. The highest BCUT2D eigenvalue weighted by atomic mass is 32.2. The molecule has 0 aliphatic rings. The zero-order valence-corrected chi connectivity index (χ0v) is 18.2. The van der Waals surface area contributed by atoms with E-state index in [1.54, 1.807) is 0 Å². The van der Waals surface area contributed by atoms with E-state index in [2.05, 4.69) is 55.3 Å². The molecule has 1 heterocycles. The summed E-state index contributed by atoms with van der Waals surface area (Å²) in [5, 5.41) is 11.6. The van der Waals surface area contributed by atoms with Gasteiger partial charge in [0.2, 0.25) is 11.1 Å². The fraction of sp³-hybridized carbons (Fsp3) is 0.550. The van der Waals surface area contributed by atoms with Gasteiger partial charge in [0.25, 0.3) is 0 Å². The van der Waals surface area contributed by atoms with Crippen molar-refractivity contribution in [1.29, 1.82) is 0 Å². The average Bonchev–Trinajstić information content (AvgIpc) is 2.97. The second kappa shape index (κ2) is 10.4. The first-order chi connectivity index (χ1) is 13.3. The largest absolute Gasteiger partial charge is 0.485 e. The van der Waals surface area contributed by atoms with Crippen LogP contribution in [-0.2, 0) is 11.4 Å². The molecule has 1 amide bonds. The molecule has 0 fully saturated rings. The van der Waals surface area contributed by atoms with Gasteiger partial charge in [-0.05, 0) is 42.4 Å².